The Morgan fingerprint density at radius 3 is 0.857 bits per heavy atom. The van der Waals surface area contributed by atoms with E-state index in [2.05, 4.69) is 43.5 Å². The third kappa shape index (κ3) is 57.8. The molecule has 0 fully saturated rings. The number of carbonyl (C=O) groups is 1. The number of hydrogen-bond donors (Lipinski definition) is 3. The highest BCUT2D eigenvalue weighted by Crippen LogP contribution is 2.19. The predicted molar refractivity (Wildman–Crippen MR) is 313 cm³/mol. The van der Waals surface area contributed by atoms with Crippen molar-refractivity contribution < 1.29 is 15.0 Å². The molecular formula is C66H129NO3. The van der Waals surface area contributed by atoms with Crippen LogP contribution in [0.2, 0.25) is 0 Å². The number of aliphatic hydroxyl groups is 2. The third-order valence-corrected chi connectivity index (χ3v) is 15.5. The molecule has 0 radical (unpaired) electrons. The second kappa shape index (κ2) is 62.2. The van der Waals surface area contributed by atoms with Gasteiger partial charge >= 0.3 is 0 Å². The second-order valence-corrected chi connectivity index (χ2v) is 22.5. The molecule has 0 saturated heterocycles. The van der Waals surface area contributed by atoms with Gasteiger partial charge in [-0.25, -0.2) is 0 Å². The van der Waals surface area contributed by atoms with E-state index in [1.54, 1.807) is 0 Å². The van der Waals surface area contributed by atoms with Gasteiger partial charge in [-0.3, -0.25) is 4.79 Å². The molecule has 2 unspecified atom stereocenters. The van der Waals surface area contributed by atoms with E-state index in [4.69, 9.17) is 0 Å². The Hall–Kier alpha value is -1.13. The lowest BCUT2D eigenvalue weighted by Crippen LogP contribution is -2.45. The van der Waals surface area contributed by atoms with Gasteiger partial charge in [0.15, 0.2) is 0 Å². The van der Waals surface area contributed by atoms with E-state index in [0.717, 1.165) is 32.1 Å². The molecule has 0 aromatic rings. The summed E-state index contributed by atoms with van der Waals surface area (Å²) >= 11 is 0. The van der Waals surface area contributed by atoms with Gasteiger partial charge in [-0.2, -0.15) is 0 Å². The smallest absolute Gasteiger partial charge is 0.220 e. The van der Waals surface area contributed by atoms with E-state index in [0.29, 0.717) is 12.8 Å². The number of hydrogen-bond acceptors (Lipinski definition) is 3. The molecule has 0 aliphatic rings. The van der Waals surface area contributed by atoms with Gasteiger partial charge in [0.2, 0.25) is 5.91 Å². The van der Waals surface area contributed by atoms with Crippen molar-refractivity contribution in [3.8, 4) is 0 Å². The molecule has 3 N–H and O–H groups in total. The van der Waals surface area contributed by atoms with Crippen LogP contribution >= 0.6 is 0 Å². The van der Waals surface area contributed by atoms with Gasteiger partial charge < -0.3 is 15.5 Å². The molecule has 416 valence electrons. The lowest BCUT2D eigenvalue weighted by molar-refractivity contribution is -0.123. The van der Waals surface area contributed by atoms with Crippen molar-refractivity contribution >= 4 is 5.91 Å². The maximum Gasteiger partial charge on any atom is 0.220 e. The van der Waals surface area contributed by atoms with E-state index in [9.17, 15) is 15.0 Å². The van der Waals surface area contributed by atoms with Gasteiger partial charge in [0.1, 0.15) is 0 Å². The predicted octanol–water partition coefficient (Wildman–Crippen LogP) is 21.8. The molecule has 0 aromatic heterocycles. The molecule has 4 heteroatoms. The standard InChI is InChI=1S/C66H129NO3/c1-3-5-7-9-11-13-15-17-19-21-23-25-27-29-31-32-33-34-36-38-40-42-44-46-48-50-52-54-56-58-60-62-66(70)67-64(63-68)65(69)61-59-57-55-53-51-49-47-45-43-41-39-37-35-30-28-26-24-22-20-18-16-14-12-10-8-6-4-2/h15,17,21,23,64-65,68-69H,3-14,16,18-20,22,24-63H2,1-2H3,(H,67,70)/b17-15-,23-21-. The van der Waals surface area contributed by atoms with Crippen molar-refractivity contribution in [1.82, 2.24) is 5.32 Å². The van der Waals surface area contributed by atoms with Gasteiger partial charge in [0.25, 0.3) is 0 Å². The minimum absolute atomic E-state index is 0.0229. The zero-order valence-electron chi connectivity index (χ0n) is 48.1. The van der Waals surface area contributed by atoms with Crippen molar-refractivity contribution in [3.05, 3.63) is 24.3 Å². The van der Waals surface area contributed by atoms with Crippen LogP contribution in [0, 0.1) is 0 Å². The quantitative estimate of drug-likeness (QED) is 0.0420. The minimum atomic E-state index is -0.659. The largest absolute Gasteiger partial charge is 0.394 e. The Labute approximate surface area is 440 Å². The molecular weight excluding hydrogens is 855 g/mol. The highest BCUT2D eigenvalue weighted by atomic mass is 16.3. The second-order valence-electron chi connectivity index (χ2n) is 22.5. The lowest BCUT2D eigenvalue weighted by atomic mass is 10.0. The fraction of sp³-hybridized carbons (Fsp3) is 0.924. The first-order valence-corrected chi connectivity index (χ1v) is 32.5. The molecule has 0 heterocycles. The summed E-state index contributed by atoms with van der Waals surface area (Å²) in [5, 5.41) is 23.4. The number of rotatable bonds is 61. The van der Waals surface area contributed by atoms with Crippen molar-refractivity contribution in [1.29, 1.82) is 0 Å². The normalized spacial score (nSPS) is 12.8. The molecule has 0 spiro atoms. The van der Waals surface area contributed by atoms with E-state index < -0.39 is 12.1 Å². The molecule has 0 rings (SSSR count). The van der Waals surface area contributed by atoms with Gasteiger partial charge in [0, 0.05) is 6.42 Å². The van der Waals surface area contributed by atoms with Crippen LogP contribution < -0.4 is 5.32 Å². The van der Waals surface area contributed by atoms with E-state index in [1.165, 1.54) is 315 Å². The summed E-state index contributed by atoms with van der Waals surface area (Å²) in [4.78, 5) is 12.5. The number of amides is 1. The zero-order chi connectivity index (χ0) is 50.6. The van der Waals surface area contributed by atoms with Crippen LogP contribution in [0.25, 0.3) is 0 Å². The zero-order valence-corrected chi connectivity index (χ0v) is 48.1. The average molecular weight is 985 g/mol. The van der Waals surface area contributed by atoms with Gasteiger partial charge in [-0.1, -0.05) is 346 Å². The molecule has 2 atom stereocenters. The molecule has 0 aliphatic carbocycles. The maximum atomic E-state index is 12.5. The molecule has 70 heavy (non-hydrogen) atoms. The Morgan fingerprint density at radius 1 is 0.343 bits per heavy atom. The Bertz CT molecular complexity index is 1020. The van der Waals surface area contributed by atoms with Crippen LogP contribution in [0.15, 0.2) is 24.3 Å². The van der Waals surface area contributed by atoms with E-state index >= 15 is 0 Å². The summed E-state index contributed by atoms with van der Waals surface area (Å²) in [6.07, 6.45) is 83.5. The molecule has 1 amide bonds. The summed E-state index contributed by atoms with van der Waals surface area (Å²) < 4.78 is 0. The fourth-order valence-electron chi connectivity index (χ4n) is 10.5. The summed E-state index contributed by atoms with van der Waals surface area (Å²) in [6, 6.07) is -0.535. The summed E-state index contributed by atoms with van der Waals surface area (Å²) in [6.45, 7) is 4.39. The highest BCUT2D eigenvalue weighted by Gasteiger charge is 2.20. The van der Waals surface area contributed by atoms with Crippen LogP contribution in [0.3, 0.4) is 0 Å². The fourth-order valence-corrected chi connectivity index (χ4v) is 10.5. The van der Waals surface area contributed by atoms with Crippen LogP contribution in [-0.2, 0) is 4.79 Å². The first-order valence-electron chi connectivity index (χ1n) is 32.5. The topological polar surface area (TPSA) is 69.6 Å². The average Bonchev–Trinajstić information content (AvgIpc) is 3.36. The van der Waals surface area contributed by atoms with Crippen LogP contribution in [0.5, 0.6) is 0 Å². The Kier molecular flexibility index (Phi) is 61.2. The maximum absolute atomic E-state index is 12.5. The number of carbonyl (C=O) groups excluding carboxylic acids is 1. The first-order chi connectivity index (χ1) is 34.7. The van der Waals surface area contributed by atoms with Gasteiger partial charge in [-0.15, -0.1) is 0 Å². The Morgan fingerprint density at radius 2 is 0.586 bits per heavy atom. The number of nitrogens with one attached hydrogen (secondary N) is 1. The third-order valence-electron chi connectivity index (χ3n) is 15.5. The number of allylic oxidation sites excluding steroid dienone is 4. The summed E-state index contributed by atoms with van der Waals surface area (Å²) in [7, 11) is 0. The molecule has 4 nitrogen and oxygen atoms in total. The van der Waals surface area contributed by atoms with Gasteiger partial charge in [-0.05, 0) is 44.9 Å². The number of aliphatic hydroxyl groups excluding tert-OH is 2. The van der Waals surface area contributed by atoms with Gasteiger partial charge in [0.05, 0.1) is 18.8 Å². The van der Waals surface area contributed by atoms with Crippen LogP contribution in [-0.4, -0.2) is 34.9 Å². The first kappa shape index (κ1) is 68.9. The molecule has 0 aromatic carbocycles. The lowest BCUT2D eigenvalue weighted by Gasteiger charge is -2.22. The van der Waals surface area contributed by atoms with Crippen molar-refractivity contribution in [2.75, 3.05) is 6.61 Å². The summed E-state index contributed by atoms with van der Waals surface area (Å²) in [5.74, 6) is -0.0229. The SMILES string of the molecule is CCCCCCC/C=C\C/C=C\CCCCCCCCCCCCCCCCCCCCCC(=O)NC(CO)C(O)CCCCCCCCCCCCCCCCCCCCCCCCCCCCC. The van der Waals surface area contributed by atoms with E-state index in [1.807, 2.05) is 0 Å². The molecule has 0 aliphatic heterocycles. The van der Waals surface area contributed by atoms with Crippen LogP contribution in [0.1, 0.15) is 373 Å². The molecule has 0 bridgehead atoms. The van der Waals surface area contributed by atoms with Crippen LogP contribution in [0.4, 0.5) is 0 Å². The molecule has 0 saturated carbocycles. The summed E-state index contributed by atoms with van der Waals surface area (Å²) in [5.41, 5.74) is 0. The number of unbranched alkanes of at least 4 members (excludes halogenated alkanes) is 50. The highest BCUT2D eigenvalue weighted by molar-refractivity contribution is 5.76. The van der Waals surface area contributed by atoms with Crippen molar-refractivity contribution in [2.24, 2.45) is 0 Å². The minimum Gasteiger partial charge on any atom is -0.394 e. The van der Waals surface area contributed by atoms with Crippen molar-refractivity contribution in [3.63, 3.8) is 0 Å². The Balaban J connectivity index is 3.39. The monoisotopic (exact) mass is 984 g/mol. The van der Waals surface area contributed by atoms with Crippen molar-refractivity contribution in [2.45, 2.75) is 386 Å². The van der Waals surface area contributed by atoms with E-state index in [-0.39, 0.29) is 12.5 Å².